The monoisotopic (exact) mass is 299 g/mol. The van der Waals surface area contributed by atoms with Crippen LogP contribution in [0.3, 0.4) is 0 Å². The van der Waals surface area contributed by atoms with E-state index in [9.17, 15) is 14.7 Å². The van der Waals surface area contributed by atoms with Gasteiger partial charge in [0.15, 0.2) is 5.92 Å². The number of benzene rings is 1. The molecule has 0 saturated carbocycles. The number of ether oxygens (including phenoxy) is 1. The quantitative estimate of drug-likeness (QED) is 0.658. The maximum atomic E-state index is 12.0. The van der Waals surface area contributed by atoms with E-state index in [-0.39, 0.29) is 0 Å². The van der Waals surface area contributed by atoms with Crippen molar-refractivity contribution in [2.24, 2.45) is 11.7 Å². The van der Waals surface area contributed by atoms with Gasteiger partial charge >= 0.3 is 11.9 Å². The number of carboxylic acid groups (broad SMARTS) is 1. The molecule has 0 fully saturated rings. The third-order valence-corrected chi connectivity index (χ3v) is 2.75. The Hall–Kier alpha value is -1.59. The summed E-state index contributed by atoms with van der Waals surface area (Å²) in [4.78, 5) is 23.3. The molecule has 0 radical (unpaired) electrons. The largest absolute Gasteiger partial charge is 0.481 e. The van der Waals surface area contributed by atoms with E-state index in [1.54, 1.807) is 39.0 Å². The molecule has 6 heteroatoms. The van der Waals surface area contributed by atoms with Gasteiger partial charge in [-0.3, -0.25) is 9.59 Å². The first-order chi connectivity index (χ1) is 9.11. The molecule has 0 heterocycles. The normalized spacial score (nSPS) is 14.4. The molecular formula is C14H18ClNO4. The Bertz CT molecular complexity index is 510. The van der Waals surface area contributed by atoms with Crippen molar-refractivity contribution < 1.29 is 19.4 Å². The van der Waals surface area contributed by atoms with Crippen molar-refractivity contribution >= 4 is 23.5 Å². The van der Waals surface area contributed by atoms with E-state index in [2.05, 4.69) is 0 Å². The first kappa shape index (κ1) is 16.5. The summed E-state index contributed by atoms with van der Waals surface area (Å²) in [5.74, 6) is -3.67. The van der Waals surface area contributed by atoms with E-state index >= 15 is 0 Å². The number of carboxylic acids is 1. The van der Waals surface area contributed by atoms with Gasteiger partial charge in [0.25, 0.3) is 0 Å². The number of rotatable bonds is 4. The van der Waals surface area contributed by atoms with Crippen LogP contribution in [-0.2, 0) is 14.3 Å². The molecule has 0 aromatic heterocycles. The summed E-state index contributed by atoms with van der Waals surface area (Å²) >= 11 is 5.84. The fraction of sp³-hybridized carbons (Fsp3) is 0.429. The standard InChI is InChI=1S/C14H18ClNO4/c1-14(2,3)20-13(19)10(12(17)18)11(16)8-5-4-6-9(15)7-8/h4-7,10-11H,16H2,1-3H3,(H,17,18)/t10-,11?/m1/s1. The van der Waals surface area contributed by atoms with Crippen molar-refractivity contribution in [3.63, 3.8) is 0 Å². The highest BCUT2D eigenvalue weighted by Crippen LogP contribution is 2.25. The van der Waals surface area contributed by atoms with Crippen LogP contribution < -0.4 is 5.73 Å². The predicted octanol–water partition coefficient (Wildman–Crippen LogP) is 2.38. The van der Waals surface area contributed by atoms with Crippen LogP contribution in [-0.4, -0.2) is 22.6 Å². The van der Waals surface area contributed by atoms with E-state index in [4.69, 9.17) is 22.1 Å². The number of carbonyl (C=O) groups is 2. The molecule has 1 aromatic carbocycles. The van der Waals surface area contributed by atoms with E-state index < -0.39 is 29.5 Å². The molecule has 1 unspecified atom stereocenters. The van der Waals surface area contributed by atoms with Crippen LogP contribution in [0.25, 0.3) is 0 Å². The topological polar surface area (TPSA) is 89.6 Å². The summed E-state index contributed by atoms with van der Waals surface area (Å²) in [7, 11) is 0. The Morgan fingerprint density at radius 1 is 1.35 bits per heavy atom. The molecule has 0 spiro atoms. The maximum absolute atomic E-state index is 12.0. The Morgan fingerprint density at radius 3 is 2.40 bits per heavy atom. The van der Waals surface area contributed by atoms with Gasteiger partial charge in [-0.2, -0.15) is 0 Å². The average molecular weight is 300 g/mol. The van der Waals surface area contributed by atoms with Crippen LogP contribution in [0.2, 0.25) is 5.02 Å². The molecule has 110 valence electrons. The Labute approximate surface area is 122 Å². The summed E-state index contributed by atoms with van der Waals surface area (Å²) in [6, 6.07) is 5.41. The van der Waals surface area contributed by atoms with Gasteiger partial charge in [0.1, 0.15) is 5.60 Å². The second-order valence-corrected chi connectivity index (χ2v) is 5.87. The van der Waals surface area contributed by atoms with E-state index in [0.717, 1.165) is 0 Å². The molecule has 0 saturated heterocycles. The smallest absolute Gasteiger partial charge is 0.322 e. The van der Waals surface area contributed by atoms with Crippen LogP contribution >= 0.6 is 11.6 Å². The summed E-state index contributed by atoms with van der Waals surface area (Å²) in [5, 5.41) is 9.65. The zero-order valence-electron chi connectivity index (χ0n) is 11.6. The minimum absolute atomic E-state index is 0.422. The van der Waals surface area contributed by atoms with Gasteiger partial charge in [-0.1, -0.05) is 23.7 Å². The van der Waals surface area contributed by atoms with Gasteiger partial charge in [-0.05, 0) is 38.5 Å². The first-order valence-corrected chi connectivity index (χ1v) is 6.46. The zero-order valence-corrected chi connectivity index (χ0v) is 12.3. The summed E-state index contributed by atoms with van der Waals surface area (Å²) in [6.45, 7) is 4.98. The van der Waals surface area contributed by atoms with Gasteiger partial charge in [0.05, 0.1) is 6.04 Å². The van der Waals surface area contributed by atoms with Gasteiger partial charge in [0.2, 0.25) is 0 Å². The SMILES string of the molecule is CC(C)(C)OC(=O)[C@@H](C(=O)O)C(N)c1cccc(Cl)c1. The van der Waals surface area contributed by atoms with Crippen molar-refractivity contribution in [3.05, 3.63) is 34.9 Å². The molecule has 5 nitrogen and oxygen atoms in total. The molecule has 2 atom stereocenters. The zero-order chi connectivity index (χ0) is 15.5. The summed E-state index contributed by atoms with van der Waals surface area (Å²) < 4.78 is 5.10. The molecule has 0 aliphatic carbocycles. The molecule has 1 rings (SSSR count). The lowest BCUT2D eigenvalue weighted by Crippen LogP contribution is -2.39. The van der Waals surface area contributed by atoms with Crippen molar-refractivity contribution in [2.45, 2.75) is 32.4 Å². The van der Waals surface area contributed by atoms with Crippen LogP contribution in [0.1, 0.15) is 32.4 Å². The molecular weight excluding hydrogens is 282 g/mol. The highest BCUT2D eigenvalue weighted by Gasteiger charge is 2.37. The molecule has 0 bridgehead atoms. The van der Waals surface area contributed by atoms with E-state index in [1.165, 1.54) is 6.07 Å². The van der Waals surface area contributed by atoms with Gasteiger partial charge in [-0.25, -0.2) is 0 Å². The Kier molecular flexibility index (Phi) is 5.14. The third-order valence-electron chi connectivity index (χ3n) is 2.52. The lowest BCUT2D eigenvalue weighted by Gasteiger charge is -2.25. The average Bonchev–Trinajstić information content (AvgIpc) is 2.25. The van der Waals surface area contributed by atoms with Crippen LogP contribution in [0.15, 0.2) is 24.3 Å². The summed E-state index contributed by atoms with van der Waals surface area (Å²) in [6.07, 6.45) is 0. The van der Waals surface area contributed by atoms with Crippen molar-refractivity contribution in [3.8, 4) is 0 Å². The molecule has 1 aromatic rings. The third kappa shape index (κ3) is 4.51. The maximum Gasteiger partial charge on any atom is 0.322 e. The number of hydrogen-bond donors (Lipinski definition) is 2. The van der Waals surface area contributed by atoms with E-state index in [1.807, 2.05) is 0 Å². The molecule has 0 amide bonds. The first-order valence-electron chi connectivity index (χ1n) is 6.08. The highest BCUT2D eigenvalue weighted by atomic mass is 35.5. The molecule has 3 N–H and O–H groups in total. The van der Waals surface area contributed by atoms with Crippen molar-refractivity contribution in [2.75, 3.05) is 0 Å². The highest BCUT2D eigenvalue weighted by molar-refractivity contribution is 6.30. The van der Waals surface area contributed by atoms with Crippen molar-refractivity contribution in [1.29, 1.82) is 0 Å². The van der Waals surface area contributed by atoms with Crippen molar-refractivity contribution in [1.82, 2.24) is 0 Å². The van der Waals surface area contributed by atoms with Crippen LogP contribution in [0.5, 0.6) is 0 Å². The minimum Gasteiger partial charge on any atom is -0.481 e. The fourth-order valence-electron chi connectivity index (χ4n) is 1.67. The number of aliphatic carboxylic acids is 1. The molecule has 0 aliphatic heterocycles. The van der Waals surface area contributed by atoms with E-state index in [0.29, 0.717) is 10.6 Å². The van der Waals surface area contributed by atoms with Crippen LogP contribution in [0.4, 0.5) is 0 Å². The Balaban J connectivity index is 3.02. The number of hydrogen-bond acceptors (Lipinski definition) is 4. The number of halogens is 1. The lowest BCUT2D eigenvalue weighted by atomic mass is 9.93. The second-order valence-electron chi connectivity index (χ2n) is 5.43. The fourth-order valence-corrected chi connectivity index (χ4v) is 1.87. The van der Waals surface area contributed by atoms with Gasteiger partial charge in [0, 0.05) is 5.02 Å². The number of esters is 1. The Morgan fingerprint density at radius 2 is 1.95 bits per heavy atom. The predicted molar refractivity (Wildman–Crippen MR) is 75.4 cm³/mol. The van der Waals surface area contributed by atoms with Gasteiger partial charge < -0.3 is 15.6 Å². The summed E-state index contributed by atoms with van der Waals surface area (Å²) in [5.41, 5.74) is 5.58. The minimum atomic E-state index is -1.48. The number of carbonyl (C=O) groups excluding carboxylic acids is 1. The molecule has 20 heavy (non-hydrogen) atoms. The number of nitrogens with two attached hydrogens (primary N) is 1. The second kappa shape index (κ2) is 6.24. The van der Waals surface area contributed by atoms with Crippen LogP contribution in [0, 0.1) is 5.92 Å². The lowest BCUT2D eigenvalue weighted by molar-refractivity contribution is -0.167. The van der Waals surface area contributed by atoms with Gasteiger partial charge in [-0.15, -0.1) is 0 Å². The molecule has 0 aliphatic rings.